The van der Waals surface area contributed by atoms with Crippen molar-refractivity contribution in [2.75, 3.05) is 0 Å². The van der Waals surface area contributed by atoms with Crippen LogP contribution in [-0.2, 0) is 20.4 Å². The fourth-order valence-electron chi connectivity index (χ4n) is 5.40. The van der Waals surface area contributed by atoms with Gasteiger partial charge < -0.3 is 0 Å². The van der Waals surface area contributed by atoms with E-state index in [1.165, 1.54) is 0 Å². The van der Waals surface area contributed by atoms with E-state index in [2.05, 4.69) is 96.9 Å². The maximum Gasteiger partial charge on any atom is 0.00684 e. The predicted octanol–water partition coefficient (Wildman–Crippen LogP) is 7.88. The standard InChI is InChI=1S/C19H42P2.Pd/c1-15(2,3)20(16(4,5)6)19(13,14)21(17(7,8)9)18(10,11)12;/h1-14H3;. The molecule has 22 heavy (non-hydrogen) atoms. The molecule has 0 aromatic heterocycles. The largest absolute Gasteiger partial charge is 0.0853 e. The van der Waals surface area contributed by atoms with Gasteiger partial charge in [-0.3, -0.25) is 0 Å². The van der Waals surface area contributed by atoms with E-state index in [9.17, 15) is 0 Å². The van der Waals surface area contributed by atoms with Crippen molar-refractivity contribution in [2.45, 2.75) is 122 Å². The van der Waals surface area contributed by atoms with Crippen LogP contribution in [0.3, 0.4) is 0 Å². The minimum absolute atomic E-state index is 0. The summed E-state index contributed by atoms with van der Waals surface area (Å²) < 4.78 is 0. The van der Waals surface area contributed by atoms with Crippen LogP contribution in [-0.4, -0.2) is 25.5 Å². The first-order valence-corrected chi connectivity index (χ1v) is 11.0. The third kappa shape index (κ3) is 6.44. The third-order valence-corrected chi connectivity index (χ3v) is 12.5. The second-order valence-electron chi connectivity index (χ2n) is 10.8. The van der Waals surface area contributed by atoms with Gasteiger partial charge in [0.25, 0.3) is 0 Å². The Labute approximate surface area is 158 Å². The SMILES string of the molecule is CC(C)(C)P(C(C)(C)C)C(C)(C)P(C(C)(C)C)C(C)(C)C.[Pd]. The first-order chi connectivity index (χ1) is 8.73. The summed E-state index contributed by atoms with van der Waals surface area (Å²) in [5.74, 6) is 0. The maximum atomic E-state index is 2.58. The van der Waals surface area contributed by atoms with Gasteiger partial charge in [0.15, 0.2) is 0 Å². The third-order valence-electron chi connectivity index (χ3n) is 3.78. The molecule has 0 bridgehead atoms. The van der Waals surface area contributed by atoms with Crippen molar-refractivity contribution >= 4 is 15.8 Å². The van der Waals surface area contributed by atoms with Crippen LogP contribution in [0, 0.1) is 0 Å². The number of hydrogen-bond donors (Lipinski definition) is 0. The molecule has 0 saturated carbocycles. The first-order valence-electron chi connectivity index (χ1n) is 8.34. The van der Waals surface area contributed by atoms with Crippen LogP contribution < -0.4 is 0 Å². The molecule has 0 unspecified atom stereocenters. The molecule has 0 aromatic carbocycles. The summed E-state index contributed by atoms with van der Waals surface area (Å²) in [6, 6.07) is 0. The minimum Gasteiger partial charge on any atom is -0.0853 e. The molecule has 0 radical (unpaired) electrons. The van der Waals surface area contributed by atoms with Crippen molar-refractivity contribution in [1.29, 1.82) is 0 Å². The van der Waals surface area contributed by atoms with Crippen molar-refractivity contribution in [2.24, 2.45) is 0 Å². The molecule has 0 nitrogen and oxygen atoms in total. The second-order valence-corrected chi connectivity index (χ2v) is 20.1. The van der Waals surface area contributed by atoms with Crippen molar-refractivity contribution in [3.63, 3.8) is 0 Å². The quantitative estimate of drug-likeness (QED) is 0.304. The van der Waals surface area contributed by atoms with Gasteiger partial charge in [-0.15, -0.1) is 0 Å². The Hall–Kier alpha value is 1.52. The van der Waals surface area contributed by atoms with E-state index in [-0.39, 0.29) is 36.3 Å². The zero-order chi connectivity index (χ0) is 17.7. The smallest absolute Gasteiger partial charge is 0.00684 e. The molecule has 138 valence electrons. The summed E-state index contributed by atoms with van der Waals surface area (Å²) in [7, 11) is -0.250. The number of rotatable bonds is 2. The average molecular weight is 439 g/mol. The molecule has 0 aromatic rings. The van der Waals surface area contributed by atoms with Crippen LogP contribution in [0.4, 0.5) is 0 Å². The van der Waals surface area contributed by atoms with Gasteiger partial charge in [0.1, 0.15) is 0 Å². The van der Waals surface area contributed by atoms with E-state index >= 15 is 0 Å². The molecule has 0 amide bonds. The van der Waals surface area contributed by atoms with Gasteiger partial charge >= 0.3 is 0 Å². The van der Waals surface area contributed by atoms with Crippen LogP contribution in [0.1, 0.15) is 96.9 Å². The summed E-state index contributed by atoms with van der Waals surface area (Å²) >= 11 is 0. The van der Waals surface area contributed by atoms with Crippen molar-refractivity contribution in [1.82, 2.24) is 0 Å². The van der Waals surface area contributed by atoms with Gasteiger partial charge in [0.2, 0.25) is 0 Å². The molecule has 0 aliphatic carbocycles. The summed E-state index contributed by atoms with van der Waals surface area (Å²) in [5.41, 5.74) is 0. The molecular weight excluding hydrogens is 397 g/mol. The molecule has 0 atom stereocenters. The Morgan fingerprint density at radius 3 is 0.591 bits per heavy atom. The molecule has 0 aliphatic heterocycles. The monoisotopic (exact) mass is 438 g/mol. The van der Waals surface area contributed by atoms with E-state index in [1.54, 1.807) is 0 Å². The molecule has 0 fully saturated rings. The Morgan fingerprint density at radius 1 is 0.364 bits per heavy atom. The van der Waals surface area contributed by atoms with Crippen LogP contribution in [0.15, 0.2) is 0 Å². The molecule has 0 spiro atoms. The van der Waals surface area contributed by atoms with Gasteiger partial charge in [-0.2, -0.15) is 0 Å². The molecular formula is C19H42P2Pd. The fraction of sp³-hybridized carbons (Fsp3) is 1.00. The molecule has 3 heteroatoms. The summed E-state index contributed by atoms with van der Waals surface area (Å²) in [4.78, 5) is 0.400. The minimum atomic E-state index is -0.125. The van der Waals surface area contributed by atoms with Crippen LogP contribution in [0.2, 0.25) is 0 Å². The summed E-state index contributed by atoms with van der Waals surface area (Å²) in [6.45, 7) is 34.7. The normalized spacial score (nSPS) is 15.3. The zero-order valence-electron chi connectivity index (χ0n) is 17.7. The maximum absolute atomic E-state index is 2.58. The topological polar surface area (TPSA) is 0 Å². The summed E-state index contributed by atoms with van der Waals surface area (Å²) in [6.07, 6.45) is 0. The molecule has 0 aliphatic rings. The summed E-state index contributed by atoms with van der Waals surface area (Å²) in [5, 5.41) is 1.53. The van der Waals surface area contributed by atoms with E-state index in [0.29, 0.717) is 25.5 Å². The molecule has 0 heterocycles. The van der Waals surface area contributed by atoms with E-state index in [4.69, 9.17) is 0 Å². The van der Waals surface area contributed by atoms with Crippen LogP contribution >= 0.6 is 15.8 Å². The zero-order valence-corrected chi connectivity index (χ0v) is 21.1. The van der Waals surface area contributed by atoms with Gasteiger partial charge in [0, 0.05) is 25.3 Å². The van der Waals surface area contributed by atoms with Gasteiger partial charge in [-0.25, -0.2) is 0 Å². The van der Waals surface area contributed by atoms with E-state index in [1.807, 2.05) is 0 Å². The van der Waals surface area contributed by atoms with Gasteiger partial charge in [0.05, 0.1) is 0 Å². The molecule has 0 rings (SSSR count). The average Bonchev–Trinajstić information content (AvgIpc) is 1.84. The number of hydrogen-bond acceptors (Lipinski definition) is 0. The van der Waals surface area contributed by atoms with Crippen molar-refractivity contribution in [3.05, 3.63) is 0 Å². The fourth-order valence-corrected chi connectivity index (χ4v) is 20.4. The Balaban J connectivity index is 0. The van der Waals surface area contributed by atoms with Crippen molar-refractivity contribution < 1.29 is 20.4 Å². The molecule has 0 N–H and O–H groups in total. The Bertz CT molecular complexity index is 284. The van der Waals surface area contributed by atoms with Crippen LogP contribution in [0.25, 0.3) is 0 Å². The van der Waals surface area contributed by atoms with Crippen LogP contribution in [0.5, 0.6) is 0 Å². The van der Waals surface area contributed by atoms with E-state index in [0.717, 1.165) is 0 Å². The first kappa shape index (κ1) is 25.8. The van der Waals surface area contributed by atoms with Gasteiger partial charge in [-0.1, -0.05) is 113 Å². The van der Waals surface area contributed by atoms with Crippen molar-refractivity contribution in [3.8, 4) is 0 Å². The second kappa shape index (κ2) is 7.41. The van der Waals surface area contributed by atoms with E-state index < -0.39 is 0 Å². The van der Waals surface area contributed by atoms with Gasteiger partial charge in [-0.05, 0) is 20.6 Å². The molecule has 0 saturated heterocycles. The Morgan fingerprint density at radius 2 is 0.500 bits per heavy atom. The predicted molar refractivity (Wildman–Crippen MR) is 107 cm³/mol. The Kier molecular flexibility index (Phi) is 8.68.